The fourth-order valence-corrected chi connectivity index (χ4v) is 1.35. The van der Waals surface area contributed by atoms with E-state index < -0.39 is 24.0 Å². The van der Waals surface area contributed by atoms with Crippen molar-refractivity contribution in [1.82, 2.24) is 0 Å². The summed E-state index contributed by atoms with van der Waals surface area (Å²) in [5.41, 5.74) is -1.43. The Kier molecular flexibility index (Phi) is 3.57. The molecule has 1 aromatic carbocycles. The van der Waals surface area contributed by atoms with E-state index in [1.54, 1.807) is 0 Å². The molecule has 7 heteroatoms. The molecule has 1 aromatic rings. The lowest BCUT2D eigenvalue weighted by Gasteiger charge is -2.11. The maximum absolute atomic E-state index is 12.4. The number of aromatic hydroxyl groups is 1. The number of aliphatic imine (C=N–C) groups is 1. The second-order valence-electron chi connectivity index (χ2n) is 2.87. The summed E-state index contributed by atoms with van der Waals surface area (Å²) in [5, 5.41) is 9.11. The highest BCUT2D eigenvalue weighted by Gasteiger charge is 2.35. The largest absolute Gasteiger partial charge is 0.507 e. The highest BCUT2D eigenvalue weighted by molar-refractivity contribution is 6.30. The van der Waals surface area contributed by atoms with Crippen molar-refractivity contribution in [3.8, 4) is 5.75 Å². The topological polar surface area (TPSA) is 49.7 Å². The quantitative estimate of drug-likeness (QED) is 0.649. The fraction of sp³-hybridized carbons (Fsp3) is 0.222. The normalized spacial score (nSPS) is 11.0. The number of nitrogens with zero attached hydrogens (tertiary/aromatic N) is 1. The first-order valence-corrected chi connectivity index (χ1v) is 4.36. The number of benzene rings is 1. The first-order valence-electron chi connectivity index (χ1n) is 3.98. The van der Waals surface area contributed by atoms with Crippen LogP contribution in [0, 0.1) is 0 Å². The number of rotatable bonds is 2. The molecule has 0 fully saturated rings. The third kappa shape index (κ3) is 2.74. The number of phenols is 1. The van der Waals surface area contributed by atoms with Crippen LogP contribution in [0.2, 0.25) is 5.02 Å². The van der Waals surface area contributed by atoms with Gasteiger partial charge in [-0.3, -0.25) is 0 Å². The molecule has 0 heterocycles. The minimum atomic E-state index is -4.71. The molecule has 1 N–H and O–H groups in total. The predicted molar refractivity (Wildman–Crippen MR) is 49.9 cm³/mol. The molecule has 16 heavy (non-hydrogen) atoms. The van der Waals surface area contributed by atoms with Crippen LogP contribution in [0.15, 0.2) is 17.1 Å². The van der Waals surface area contributed by atoms with E-state index in [9.17, 15) is 23.1 Å². The van der Waals surface area contributed by atoms with Crippen molar-refractivity contribution >= 4 is 17.7 Å². The van der Waals surface area contributed by atoms with Gasteiger partial charge in [0, 0.05) is 10.6 Å². The molecule has 3 nitrogen and oxygen atoms in total. The van der Waals surface area contributed by atoms with Crippen LogP contribution in [0.25, 0.3) is 0 Å². The number of hydrogen-bond donors (Lipinski definition) is 1. The summed E-state index contributed by atoms with van der Waals surface area (Å²) in [5.74, 6) is -0.976. The molecule has 0 aromatic heterocycles. The first kappa shape index (κ1) is 12.5. The third-order valence-corrected chi connectivity index (χ3v) is 1.99. The van der Waals surface area contributed by atoms with Gasteiger partial charge in [0.25, 0.3) is 0 Å². The van der Waals surface area contributed by atoms with E-state index in [0.717, 1.165) is 12.1 Å². The van der Waals surface area contributed by atoms with Crippen LogP contribution < -0.4 is 0 Å². The van der Waals surface area contributed by atoms with Crippen molar-refractivity contribution < 1.29 is 23.1 Å². The van der Waals surface area contributed by atoms with Crippen LogP contribution in [0.3, 0.4) is 0 Å². The molecular weight excluding hydrogens is 247 g/mol. The van der Waals surface area contributed by atoms with Crippen molar-refractivity contribution in [3.63, 3.8) is 0 Å². The van der Waals surface area contributed by atoms with Crippen LogP contribution in [-0.2, 0) is 17.5 Å². The summed E-state index contributed by atoms with van der Waals surface area (Å²) in [6, 6.07) is 1.71. The molecule has 0 aliphatic rings. The standard InChI is InChI=1S/C9H5ClF3NO2/c10-6-1-5(3-14-4-15)8(16)7(2-6)9(11,12)13/h1-2,16H,3H2. The van der Waals surface area contributed by atoms with Gasteiger partial charge < -0.3 is 5.11 Å². The van der Waals surface area contributed by atoms with Crippen molar-refractivity contribution in [3.05, 3.63) is 28.3 Å². The maximum atomic E-state index is 12.4. The Morgan fingerprint density at radius 2 is 2.06 bits per heavy atom. The Morgan fingerprint density at radius 1 is 1.44 bits per heavy atom. The number of phenolic OH excluding ortho intramolecular Hbond substituents is 1. The number of isocyanates is 1. The van der Waals surface area contributed by atoms with Crippen LogP contribution in [-0.4, -0.2) is 11.2 Å². The summed E-state index contributed by atoms with van der Waals surface area (Å²) < 4.78 is 37.2. The summed E-state index contributed by atoms with van der Waals surface area (Å²) >= 11 is 5.46. The molecule has 0 aliphatic carbocycles. The van der Waals surface area contributed by atoms with Gasteiger partial charge in [0.05, 0.1) is 12.1 Å². The van der Waals surface area contributed by atoms with Crippen LogP contribution in [0.4, 0.5) is 13.2 Å². The predicted octanol–water partition coefficient (Wildman–Crippen LogP) is 2.90. The zero-order valence-corrected chi connectivity index (χ0v) is 8.43. The SMILES string of the molecule is O=C=NCc1cc(Cl)cc(C(F)(F)F)c1O. The van der Waals surface area contributed by atoms with E-state index in [4.69, 9.17) is 11.6 Å². The molecule has 0 saturated carbocycles. The van der Waals surface area contributed by atoms with Gasteiger partial charge in [0.15, 0.2) is 0 Å². The zero-order valence-electron chi connectivity index (χ0n) is 7.68. The molecule has 0 bridgehead atoms. The molecule has 0 unspecified atom stereocenters. The molecule has 86 valence electrons. The van der Waals surface area contributed by atoms with E-state index >= 15 is 0 Å². The average molecular weight is 252 g/mol. The van der Waals surface area contributed by atoms with E-state index in [2.05, 4.69) is 4.99 Å². The monoisotopic (exact) mass is 251 g/mol. The molecule has 0 radical (unpaired) electrons. The Morgan fingerprint density at radius 3 is 2.56 bits per heavy atom. The number of carbonyl (C=O) groups excluding carboxylic acids is 1. The van der Waals surface area contributed by atoms with Crippen molar-refractivity contribution in [2.24, 2.45) is 4.99 Å². The lowest BCUT2D eigenvalue weighted by molar-refractivity contribution is -0.138. The summed E-state index contributed by atoms with van der Waals surface area (Å²) in [7, 11) is 0. The maximum Gasteiger partial charge on any atom is 0.420 e. The van der Waals surface area contributed by atoms with Gasteiger partial charge in [0.1, 0.15) is 5.75 Å². The Labute approximate surface area is 93.2 Å². The molecule has 0 amide bonds. The van der Waals surface area contributed by atoms with E-state index in [1.807, 2.05) is 0 Å². The third-order valence-electron chi connectivity index (χ3n) is 1.77. The minimum absolute atomic E-state index is 0.178. The zero-order chi connectivity index (χ0) is 12.3. The molecule has 0 spiro atoms. The van der Waals surface area contributed by atoms with Gasteiger partial charge >= 0.3 is 6.18 Å². The Bertz CT molecular complexity index is 453. The fourth-order valence-electron chi connectivity index (χ4n) is 1.11. The van der Waals surface area contributed by atoms with Crippen LogP contribution in [0.5, 0.6) is 5.75 Å². The van der Waals surface area contributed by atoms with Gasteiger partial charge in [0.2, 0.25) is 6.08 Å². The van der Waals surface area contributed by atoms with Gasteiger partial charge in [-0.15, -0.1) is 0 Å². The first-order chi connectivity index (χ1) is 7.36. The average Bonchev–Trinajstić information content (AvgIpc) is 2.17. The van der Waals surface area contributed by atoms with Crippen LogP contribution in [0.1, 0.15) is 11.1 Å². The highest BCUT2D eigenvalue weighted by atomic mass is 35.5. The summed E-state index contributed by atoms with van der Waals surface area (Å²) in [4.78, 5) is 12.9. The van der Waals surface area contributed by atoms with E-state index in [-0.39, 0.29) is 10.6 Å². The lowest BCUT2D eigenvalue weighted by Crippen LogP contribution is -2.06. The van der Waals surface area contributed by atoms with Gasteiger partial charge in [-0.2, -0.15) is 13.2 Å². The summed E-state index contributed by atoms with van der Waals surface area (Å²) in [6.45, 7) is -0.404. The van der Waals surface area contributed by atoms with E-state index in [1.165, 1.54) is 0 Å². The molecule has 0 aliphatic heterocycles. The van der Waals surface area contributed by atoms with Crippen molar-refractivity contribution in [1.29, 1.82) is 0 Å². The molecular formula is C9H5ClF3NO2. The van der Waals surface area contributed by atoms with Crippen molar-refractivity contribution in [2.45, 2.75) is 12.7 Å². The Hall–Kier alpha value is -1.52. The second kappa shape index (κ2) is 4.55. The van der Waals surface area contributed by atoms with Gasteiger partial charge in [-0.25, -0.2) is 9.79 Å². The van der Waals surface area contributed by atoms with Crippen LogP contribution >= 0.6 is 11.6 Å². The molecule has 0 saturated heterocycles. The van der Waals surface area contributed by atoms with Crippen molar-refractivity contribution in [2.75, 3.05) is 0 Å². The van der Waals surface area contributed by atoms with Gasteiger partial charge in [-0.05, 0) is 12.1 Å². The number of halogens is 4. The molecule has 0 atom stereocenters. The second-order valence-corrected chi connectivity index (χ2v) is 3.30. The minimum Gasteiger partial charge on any atom is -0.507 e. The highest BCUT2D eigenvalue weighted by Crippen LogP contribution is 2.39. The molecule has 1 rings (SSSR count). The number of hydrogen-bond acceptors (Lipinski definition) is 3. The lowest BCUT2D eigenvalue weighted by atomic mass is 10.1. The van der Waals surface area contributed by atoms with E-state index in [0.29, 0.717) is 6.07 Å². The van der Waals surface area contributed by atoms with Gasteiger partial charge in [-0.1, -0.05) is 11.6 Å². The Balaban J connectivity index is 3.31. The number of alkyl halides is 3. The smallest absolute Gasteiger partial charge is 0.420 e. The summed E-state index contributed by atoms with van der Waals surface area (Å²) in [6.07, 6.45) is -3.55.